The standard InChI is InChI=1S/C17H16BrN3O2S/c1-21-10-9-19-16(21)15(11-5-3-4-6-12(11)23-2)20-17(22)13-7-8-14(18)24-13/h3-10,15H,1-2H3,(H,20,22)/t15-/m1/s1. The number of imidazole rings is 1. The van der Waals surface area contributed by atoms with Crippen molar-refractivity contribution < 1.29 is 9.53 Å². The fraction of sp³-hybridized carbons (Fsp3) is 0.176. The Balaban J connectivity index is 2.00. The van der Waals surface area contributed by atoms with Crippen LogP contribution in [-0.4, -0.2) is 22.6 Å². The van der Waals surface area contributed by atoms with Crippen molar-refractivity contribution in [1.29, 1.82) is 0 Å². The molecule has 0 radical (unpaired) electrons. The minimum absolute atomic E-state index is 0.149. The van der Waals surface area contributed by atoms with Crippen LogP contribution in [0.3, 0.4) is 0 Å². The van der Waals surface area contributed by atoms with Crippen molar-refractivity contribution in [2.45, 2.75) is 6.04 Å². The summed E-state index contributed by atoms with van der Waals surface area (Å²) in [6, 6.07) is 10.9. The van der Waals surface area contributed by atoms with Crippen LogP contribution in [0.4, 0.5) is 0 Å². The first-order valence-corrected chi connectivity index (χ1v) is 8.87. The number of para-hydroxylation sites is 1. The molecule has 5 nitrogen and oxygen atoms in total. The van der Waals surface area contributed by atoms with E-state index in [9.17, 15) is 4.79 Å². The molecule has 0 spiro atoms. The smallest absolute Gasteiger partial charge is 0.262 e. The lowest BCUT2D eigenvalue weighted by Gasteiger charge is -2.21. The summed E-state index contributed by atoms with van der Waals surface area (Å²) in [7, 11) is 3.52. The third-order valence-corrected chi connectivity index (χ3v) is 5.26. The molecule has 0 saturated heterocycles. The number of thiophene rings is 1. The maximum absolute atomic E-state index is 12.6. The van der Waals surface area contributed by atoms with Crippen LogP contribution < -0.4 is 10.1 Å². The number of ether oxygens (including phenoxy) is 1. The van der Waals surface area contributed by atoms with Gasteiger partial charge in [-0.2, -0.15) is 0 Å². The Bertz CT molecular complexity index is 859. The Hall–Kier alpha value is -2.12. The molecule has 7 heteroatoms. The van der Waals surface area contributed by atoms with Gasteiger partial charge in [0, 0.05) is 25.0 Å². The zero-order chi connectivity index (χ0) is 17.1. The molecule has 0 unspecified atom stereocenters. The average Bonchev–Trinajstić information content (AvgIpc) is 3.21. The second-order valence-corrected chi connectivity index (χ2v) is 7.61. The maximum atomic E-state index is 12.6. The number of methoxy groups -OCH3 is 1. The Morgan fingerprint density at radius 2 is 2.12 bits per heavy atom. The van der Waals surface area contributed by atoms with Crippen molar-refractivity contribution in [2.75, 3.05) is 7.11 Å². The summed E-state index contributed by atoms with van der Waals surface area (Å²) < 4.78 is 8.27. The van der Waals surface area contributed by atoms with E-state index in [4.69, 9.17) is 4.74 Å². The molecule has 3 rings (SSSR count). The molecule has 3 aromatic rings. The molecule has 0 aliphatic rings. The largest absolute Gasteiger partial charge is 0.496 e. The molecular formula is C17H16BrN3O2S. The van der Waals surface area contributed by atoms with Gasteiger partial charge in [0.05, 0.1) is 15.8 Å². The van der Waals surface area contributed by atoms with E-state index >= 15 is 0 Å². The molecular weight excluding hydrogens is 390 g/mol. The fourth-order valence-corrected chi connectivity index (χ4v) is 3.77. The molecule has 24 heavy (non-hydrogen) atoms. The van der Waals surface area contributed by atoms with E-state index in [0.717, 1.165) is 15.2 Å². The first-order valence-electron chi connectivity index (χ1n) is 7.26. The highest BCUT2D eigenvalue weighted by atomic mass is 79.9. The van der Waals surface area contributed by atoms with E-state index in [1.165, 1.54) is 11.3 Å². The Morgan fingerprint density at radius 3 is 2.75 bits per heavy atom. The van der Waals surface area contributed by atoms with E-state index in [1.807, 2.05) is 48.1 Å². The number of benzene rings is 1. The van der Waals surface area contributed by atoms with Crippen molar-refractivity contribution in [3.05, 3.63) is 68.8 Å². The quantitative estimate of drug-likeness (QED) is 0.702. The molecule has 1 amide bonds. The number of halogens is 1. The fourth-order valence-electron chi connectivity index (χ4n) is 2.48. The van der Waals surface area contributed by atoms with Gasteiger partial charge in [-0.25, -0.2) is 4.98 Å². The van der Waals surface area contributed by atoms with Crippen molar-refractivity contribution in [3.8, 4) is 5.75 Å². The number of nitrogens with one attached hydrogen (secondary N) is 1. The summed E-state index contributed by atoms with van der Waals surface area (Å²) in [6.07, 6.45) is 3.57. The van der Waals surface area contributed by atoms with Crippen LogP contribution in [0.1, 0.15) is 27.1 Å². The SMILES string of the molecule is COc1ccccc1[C@@H](NC(=O)c1ccc(Br)s1)c1nccn1C. The van der Waals surface area contributed by atoms with E-state index < -0.39 is 6.04 Å². The zero-order valence-corrected chi connectivity index (χ0v) is 15.6. The summed E-state index contributed by atoms with van der Waals surface area (Å²) in [5.41, 5.74) is 0.860. The van der Waals surface area contributed by atoms with Gasteiger partial charge < -0.3 is 14.6 Å². The van der Waals surface area contributed by atoms with Gasteiger partial charge in [0.15, 0.2) is 0 Å². The van der Waals surface area contributed by atoms with Crippen LogP contribution in [0.15, 0.2) is 52.6 Å². The molecule has 2 aromatic heterocycles. The molecule has 1 aromatic carbocycles. The molecule has 0 fully saturated rings. The monoisotopic (exact) mass is 405 g/mol. The summed E-state index contributed by atoms with van der Waals surface area (Å²) in [5.74, 6) is 1.30. The highest BCUT2D eigenvalue weighted by Crippen LogP contribution is 2.30. The van der Waals surface area contributed by atoms with Gasteiger partial charge in [0.2, 0.25) is 0 Å². The number of aryl methyl sites for hydroxylation is 1. The number of rotatable bonds is 5. The molecule has 0 aliphatic carbocycles. The summed E-state index contributed by atoms with van der Waals surface area (Å²) in [6.45, 7) is 0. The van der Waals surface area contributed by atoms with Gasteiger partial charge >= 0.3 is 0 Å². The van der Waals surface area contributed by atoms with Gasteiger partial charge in [-0.3, -0.25) is 4.79 Å². The minimum atomic E-state index is -0.408. The van der Waals surface area contributed by atoms with Gasteiger partial charge in [-0.1, -0.05) is 18.2 Å². The van der Waals surface area contributed by atoms with Crippen LogP contribution >= 0.6 is 27.3 Å². The van der Waals surface area contributed by atoms with Crippen molar-refractivity contribution in [1.82, 2.24) is 14.9 Å². The van der Waals surface area contributed by atoms with Gasteiger partial charge in [0.25, 0.3) is 5.91 Å². The van der Waals surface area contributed by atoms with Crippen LogP contribution in [-0.2, 0) is 7.05 Å². The molecule has 0 aliphatic heterocycles. The lowest BCUT2D eigenvalue weighted by atomic mass is 10.0. The summed E-state index contributed by atoms with van der Waals surface area (Å²) >= 11 is 4.78. The second-order valence-electron chi connectivity index (χ2n) is 5.15. The van der Waals surface area contributed by atoms with Crippen LogP contribution in [0.25, 0.3) is 0 Å². The van der Waals surface area contributed by atoms with Crippen LogP contribution in [0, 0.1) is 0 Å². The highest BCUT2D eigenvalue weighted by molar-refractivity contribution is 9.11. The lowest BCUT2D eigenvalue weighted by molar-refractivity contribution is 0.0945. The molecule has 1 N–H and O–H groups in total. The summed E-state index contributed by atoms with van der Waals surface area (Å²) in [4.78, 5) is 17.7. The zero-order valence-electron chi connectivity index (χ0n) is 13.2. The van der Waals surface area contributed by atoms with E-state index in [0.29, 0.717) is 10.6 Å². The number of aromatic nitrogens is 2. The Kier molecular flexibility index (Phi) is 5.01. The van der Waals surface area contributed by atoms with E-state index in [1.54, 1.807) is 19.4 Å². The average molecular weight is 406 g/mol. The van der Waals surface area contributed by atoms with Gasteiger partial charge in [0.1, 0.15) is 17.6 Å². The van der Waals surface area contributed by atoms with Gasteiger partial charge in [-0.05, 0) is 34.1 Å². The van der Waals surface area contributed by atoms with Crippen LogP contribution in [0.5, 0.6) is 5.75 Å². The predicted octanol–water partition coefficient (Wildman–Crippen LogP) is 3.77. The van der Waals surface area contributed by atoms with Crippen molar-refractivity contribution in [3.63, 3.8) is 0 Å². The predicted molar refractivity (Wildman–Crippen MR) is 97.5 cm³/mol. The van der Waals surface area contributed by atoms with E-state index in [-0.39, 0.29) is 5.91 Å². The van der Waals surface area contributed by atoms with Gasteiger partial charge in [-0.15, -0.1) is 11.3 Å². The Labute approximate surface area is 152 Å². The topological polar surface area (TPSA) is 56.1 Å². The van der Waals surface area contributed by atoms with E-state index in [2.05, 4.69) is 26.2 Å². The molecule has 2 heterocycles. The molecule has 0 saturated carbocycles. The maximum Gasteiger partial charge on any atom is 0.262 e. The minimum Gasteiger partial charge on any atom is -0.496 e. The lowest BCUT2D eigenvalue weighted by Crippen LogP contribution is -2.30. The number of hydrogen-bond acceptors (Lipinski definition) is 4. The molecule has 1 atom stereocenters. The first-order chi connectivity index (χ1) is 11.6. The Morgan fingerprint density at radius 1 is 1.33 bits per heavy atom. The number of carbonyl (C=O) groups is 1. The van der Waals surface area contributed by atoms with Crippen molar-refractivity contribution in [2.24, 2.45) is 7.05 Å². The first kappa shape index (κ1) is 16.7. The number of amides is 1. The normalized spacial score (nSPS) is 12.0. The molecule has 124 valence electrons. The number of carbonyl (C=O) groups excluding carboxylic acids is 1. The number of nitrogens with zero attached hydrogens (tertiary/aromatic N) is 2. The second kappa shape index (κ2) is 7.19. The molecule has 0 bridgehead atoms. The van der Waals surface area contributed by atoms with Crippen molar-refractivity contribution >= 4 is 33.2 Å². The third-order valence-electron chi connectivity index (χ3n) is 3.64. The number of hydrogen-bond donors (Lipinski definition) is 1. The summed E-state index contributed by atoms with van der Waals surface area (Å²) in [5, 5.41) is 3.07. The third kappa shape index (κ3) is 3.37. The highest BCUT2D eigenvalue weighted by Gasteiger charge is 2.24. The van der Waals surface area contributed by atoms with Crippen LogP contribution in [0.2, 0.25) is 0 Å².